The van der Waals surface area contributed by atoms with Gasteiger partial charge in [0, 0.05) is 36.7 Å². The molecule has 0 radical (unpaired) electrons. The maximum absolute atomic E-state index is 15.0. The number of halogens is 1. The normalized spacial score (nSPS) is 17.8. The molecule has 3 amide bonds. The molecule has 1 aromatic heterocycles. The molecule has 2 aromatic carbocycles. The number of rotatable bonds is 4. The number of hydrogen-bond donors (Lipinski definition) is 1. The summed E-state index contributed by atoms with van der Waals surface area (Å²) in [6, 6.07) is 9.59. The number of benzene rings is 2. The summed E-state index contributed by atoms with van der Waals surface area (Å²) in [6.45, 7) is 0.254. The number of piperidine rings is 1. The van der Waals surface area contributed by atoms with Gasteiger partial charge in [0.1, 0.15) is 6.04 Å². The van der Waals surface area contributed by atoms with Crippen LogP contribution in [0, 0.1) is 5.82 Å². The van der Waals surface area contributed by atoms with Gasteiger partial charge in [0.2, 0.25) is 11.8 Å². The summed E-state index contributed by atoms with van der Waals surface area (Å²) < 4.78 is 21.9. The second-order valence-electron chi connectivity index (χ2n) is 8.15. The standard InChI is InChI=1S/C24H21FN4O4/c1-28-12-26-21(22(28)16-4-3-5-18(33-2)20(16)25)13-6-7-15-14(10-13)11-29(24(15)32)17-8-9-19(30)27-23(17)31/h3-7,10,12,17H,8-9,11H2,1-2H3,(H,27,30,31). The van der Waals surface area contributed by atoms with Crippen LogP contribution in [0.5, 0.6) is 5.75 Å². The summed E-state index contributed by atoms with van der Waals surface area (Å²) in [7, 11) is 3.20. The highest BCUT2D eigenvalue weighted by atomic mass is 19.1. The number of imidazole rings is 1. The van der Waals surface area contributed by atoms with E-state index in [2.05, 4.69) is 10.3 Å². The third-order valence-corrected chi connectivity index (χ3v) is 6.17. The molecule has 5 rings (SSSR count). The number of aromatic nitrogens is 2. The Kier molecular flexibility index (Phi) is 4.96. The Labute approximate surface area is 189 Å². The van der Waals surface area contributed by atoms with Crippen molar-refractivity contribution in [1.29, 1.82) is 0 Å². The van der Waals surface area contributed by atoms with Crippen LogP contribution in [-0.4, -0.2) is 45.3 Å². The maximum atomic E-state index is 15.0. The Morgan fingerprint density at radius 2 is 1.97 bits per heavy atom. The molecular formula is C24H21FN4O4. The fourth-order valence-electron chi connectivity index (χ4n) is 4.53. The third-order valence-electron chi connectivity index (χ3n) is 6.17. The van der Waals surface area contributed by atoms with E-state index in [0.29, 0.717) is 28.9 Å². The van der Waals surface area contributed by atoms with Gasteiger partial charge in [-0.15, -0.1) is 0 Å². The molecule has 1 fully saturated rings. The van der Waals surface area contributed by atoms with Crippen LogP contribution in [0.1, 0.15) is 28.8 Å². The van der Waals surface area contributed by atoms with Crippen molar-refractivity contribution in [2.45, 2.75) is 25.4 Å². The van der Waals surface area contributed by atoms with Gasteiger partial charge in [0.15, 0.2) is 11.6 Å². The fraction of sp³-hybridized carbons (Fsp3) is 0.250. The van der Waals surface area contributed by atoms with E-state index < -0.39 is 17.8 Å². The highest BCUT2D eigenvalue weighted by Crippen LogP contribution is 2.37. The van der Waals surface area contributed by atoms with Crippen molar-refractivity contribution in [2.75, 3.05) is 7.11 Å². The van der Waals surface area contributed by atoms with Gasteiger partial charge in [-0.05, 0) is 36.2 Å². The quantitative estimate of drug-likeness (QED) is 0.620. The molecule has 168 valence electrons. The second-order valence-corrected chi connectivity index (χ2v) is 8.15. The lowest BCUT2D eigenvalue weighted by atomic mass is 10.00. The van der Waals surface area contributed by atoms with Gasteiger partial charge >= 0.3 is 0 Å². The SMILES string of the molecule is COc1cccc(-c2c(-c3ccc4c(c3)CN(C3CCC(=O)NC3=O)C4=O)ncn2C)c1F. The molecule has 3 heterocycles. The monoisotopic (exact) mass is 448 g/mol. The number of hydrogen-bond acceptors (Lipinski definition) is 5. The van der Waals surface area contributed by atoms with Crippen molar-refractivity contribution in [3.8, 4) is 28.3 Å². The van der Waals surface area contributed by atoms with Crippen LogP contribution in [0.2, 0.25) is 0 Å². The van der Waals surface area contributed by atoms with E-state index >= 15 is 4.39 Å². The van der Waals surface area contributed by atoms with Gasteiger partial charge in [-0.25, -0.2) is 9.37 Å². The van der Waals surface area contributed by atoms with Crippen LogP contribution >= 0.6 is 0 Å². The van der Waals surface area contributed by atoms with Crippen molar-refractivity contribution in [1.82, 2.24) is 19.8 Å². The smallest absolute Gasteiger partial charge is 0.255 e. The first-order chi connectivity index (χ1) is 15.9. The number of nitrogens with zero attached hydrogens (tertiary/aromatic N) is 3. The van der Waals surface area contributed by atoms with Crippen molar-refractivity contribution in [2.24, 2.45) is 7.05 Å². The van der Waals surface area contributed by atoms with Gasteiger partial charge in [-0.3, -0.25) is 19.7 Å². The first-order valence-corrected chi connectivity index (χ1v) is 10.5. The van der Waals surface area contributed by atoms with Crippen molar-refractivity contribution >= 4 is 17.7 Å². The number of amides is 3. The number of fused-ring (bicyclic) bond motifs is 1. The minimum absolute atomic E-state index is 0.138. The van der Waals surface area contributed by atoms with E-state index in [9.17, 15) is 14.4 Å². The lowest BCUT2D eigenvalue weighted by Gasteiger charge is -2.29. The zero-order valence-corrected chi connectivity index (χ0v) is 18.1. The van der Waals surface area contributed by atoms with Crippen LogP contribution < -0.4 is 10.1 Å². The molecular weight excluding hydrogens is 427 g/mol. The zero-order chi connectivity index (χ0) is 23.3. The molecule has 9 heteroatoms. The summed E-state index contributed by atoms with van der Waals surface area (Å²) in [5.41, 5.74) is 3.49. The van der Waals surface area contributed by atoms with Crippen LogP contribution in [0.25, 0.3) is 22.5 Å². The zero-order valence-electron chi connectivity index (χ0n) is 18.1. The van der Waals surface area contributed by atoms with Gasteiger partial charge in [0.25, 0.3) is 5.91 Å². The van der Waals surface area contributed by atoms with Crippen molar-refractivity contribution in [3.05, 3.63) is 59.7 Å². The van der Waals surface area contributed by atoms with Gasteiger partial charge < -0.3 is 14.2 Å². The van der Waals surface area contributed by atoms with E-state index in [-0.39, 0.29) is 30.5 Å². The molecule has 0 saturated carbocycles. The first-order valence-electron chi connectivity index (χ1n) is 10.5. The predicted molar refractivity (Wildman–Crippen MR) is 117 cm³/mol. The highest BCUT2D eigenvalue weighted by molar-refractivity contribution is 6.05. The number of methoxy groups -OCH3 is 1. The lowest BCUT2D eigenvalue weighted by molar-refractivity contribution is -0.136. The average molecular weight is 448 g/mol. The minimum atomic E-state index is -0.678. The number of carbonyl (C=O) groups is 3. The van der Waals surface area contributed by atoms with E-state index in [1.165, 1.54) is 12.0 Å². The number of ether oxygens (including phenoxy) is 1. The highest BCUT2D eigenvalue weighted by Gasteiger charge is 2.39. The van der Waals surface area contributed by atoms with Crippen LogP contribution in [0.15, 0.2) is 42.7 Å². The van der Waals surface area contributed by atoms with E-state index in [4.69, 9.17) is 4.74 Å². The number of carbonyl (C=O) groups excluding carboxylic acids is 3. The van der Waals surface area contributed by atoms with E-state index in [1.807, 2.05) is 6.07 Å². The van der Waals surface area contributed by atoms with Crippen LogP contribution in [0.4, 0.5) is 4.39 Å². The summed E-state index contributed by atoms with van der Waals surface area (Å²) in [4.78, 5) is 42.7. The molecule has 2 aliphatic rings. The summed E-state index contributed by atoms with van der Waals surface area (Å²) in [5.74, 6) is -1.36. The molecule has 33 heavy (non-hydrogen) atoms. The summed E-state index contributed by atoms with van der Waals surface area (Å²) >= 11 is 0. The molecule has 2 aliphatic heterocycles. The van der Waals surface area contributed by atoms with Crippen molar-refractivity contribution < 1.29 is 23.5 Å². The first kappa shape index (κ1) is 20.9. The fourth-order valence-corrected chi connectivity index (χ4v) is 4.53. The molecule has 0 spiro atoms. The van der Waals surface area contributed by atoms with E-state index in [0.717, 1.165) is 11.1 Å². The third kappa shape index (κ3) is 3.36. The van der Waals surface area contributed by atoms with Crippen LogP contribution in [-0.2, 0) is 23.2 Å². The predicted octanol–water partition coefficient (Wildman–Crippen LogP) is 2.66. The van der Waals surface area contributed by atoms with Crippen molar-refractivity contribution in [3.63, 3.8) is 0 Å². The Morgan fingerprint density at radius 1 is 1.15 bits per heavy atom. The molecule has 8 nitrogen and oxygen atoms in total. The molecule has 1 atom stereocenters. The Hall–Kier alpha value is -4.01. The molecule has 3 aromatic rings. The molecule has 1 N–H and O–H groups in total. The second kappa shape index (κ2) is 7.84. The number of imide groups is 1. The largest absolute Gasteiger partial charge is 0.494 e. The summed E-state index contributed by atoms with van der Waals surface area (Å²) in [5, 5.41) is 2.30. The van der Waals surface area contributed by atoms with E-state index in [1.54, 1.807) is 48.3 Å². The van der Waals surface area contributed by atoms with Gasteiger partial charge in [-0.1, -0.05) is 12.1 Å². The Bertz CT molecular complexity index is 1320. The van der Waals surface area contributed by atoms with Gasteiger partial charge in [-0.2, -0.15) is 0 Å². The molecule has 1 unspecified atom stereocenters. The number of aryl methyl sites for hydroxylation is 1. The number of nitrogens with one attached hydrogen (secondary N) is 1. The molecule has 0 bridgehead atoms. The van der Waals surface area contributed by atoms with Gasteiger partial charge in [0.05, 0.1) is 24.8 Å². The molecule has 1 saturated heterocycles. The molecule has 0 aliphatic carbocycles. The van der Waals surface area contributed by atoms with Crippen LogP contribution in [0.3, 0.4) is 0 Å². The maximum Gasteiger partial charge on any atom is 0.255 e. The topological polar surface area (TPSA) is 93.5 Å². The lowest BCUT2D eigenvalue weighted by Crippen LogP contribution is -2.52. The average Bonchev–Trinajstić information content (AvgIpc) is 3.33. The summed E-state index contributed by atoms with van der Waals surface area (Å²) in [6.07, 6.45) is 2.11. The Balaban J connectivity index is 1.51. The Morgan fingerprint density at radius 3 is 2.73 bits per heavy atom. The minimum Gasteiger partial charge on any atom is -0.494 e.